The quantitative estimate of drug-likeness (QED) is 0.319. The van der Waals surface area contributed by atoms with Crippen LogP contribution in [0.25, 0.3) is 0 Å². The van der Waals surface area contributed by atoms with Crippen molar-refractivity contribution in [1.82, 2.24) is 4.90 Å². The number of rotatable bonds is 7. The summed E-state index contributed by atoms with van der Waals surface area (Å²) < 4.78 is 4.94. The zero-order valence-corrected chi connectivity index (χ0v) is 15.5. The van der Waals surface area contributed by atoms with Crippen LogP contribution in [0, 0.1) is 10.1 Å². The number of nitrogens with zero attached hydrogens (tertiary/aromatic N) is 2. The molecule has 2 N–H and O–H groups in total. The predicted octanol–water partition coefficient (Wildman–Crippen LogP) is 2.87. The van der Waals surface area contributed by atoms with Crippen molar-refractivity contribution in [1.29, 1.82) is 0 Å². The number of benzene rings is 2. The highest BCUT2D eigenvalue weighted by Gasteiger charge is 2.35. The molecule has 0 aliphatic carbocycles. The van der Waals surface area contributed by atoms with E-state index in [4.69, 9.17) is 4.74 Å². The van der Waals surface area contributed by atoms with Crippen LogP contribution in [-0.2, 0) is 4.74 Å². The second-order valence-electron chi connectivity index (χ2n) is 6.26. The zero-order chi connectivity index (χ0) is 21.0. The molecule has 10 nitrogen and oxygen atoms in total. The first-order valence-corrected chi connectivity index (χ1v) is 8.72. The second kappa shape index (κ2) is 8.48. The number of hydrogen-bond acceptors (Lipinski definition) is 6. The molecule has 0 aromatic heterocycles. The van der Waals surface area contributed by atoms with Crippen molar-refractivity contribution in [2.45, 2.75) is 6.42 Å². The minimum Gasteiger partial charge on any atom is -0.385 e. The molecule has 0 bridgehead atoms. The molecule has 4 amide bonds. The first-order valence-electron chi connectivity index (χ1n) is 8.72. The van der Waals surface area contributed by atoms with Crippen molar-refractivity contribution in [2.24, 2.45) is 0 Å². The van der Waals surface area contributed by atoms with Crippen LogP contribution in [0.15, 0.2) is 42.5 Å². The number of amides is 4. The van der Waals surface area contributed by atoms with Gasteiger partial charge in [0, 0.05) is 43.8 Å². The lowest BCUT2D eigenvalue weighted by atomic mass is 10.1. The van der Waals surface area contributed by atoms with Gasteiger partial charge >= 0.3 is 6.03 Å². The molecule has 0 spiro atoms. The Bertz CT molecular complexity index is 990. The van der Waals surface area contributed by atoms with Crippen molar-refractivity contribution in [3.63, 3.8) is 0 Å². The van der Waals surface area contributed by atoms with Crippen LogP contribution in [0.4, 0.5) is 21.9 Å². The number of urea groups is 1. The Morgan fingerprint density at radius 3 is 2.45 bits per heavy atom. The zero-order valence-electron chi connectivity index (χ0n) is 15.5. The highest BCUT2D eigenvalue weighted by molar-refractivity contribution is 6.22. The highest BCUT2D eigenvalue weighted by atomic mass is 16.6. The molecule has 0 atom stereocenters. The summed E-state index contributed by atoms with van der Waals surface area (Å²) in [4.78, 5) is 48.5. The Kier molecular flexibility index (Phi) is 5.84. The number of hydrogen-bond donors (Lipinski definition) is 2. The number of nitro groups is 1. The van der Waals surface area contributed by atoms with Crippen molar-refractivity contribution < 1.29 is 24.0 Å². The van der Waals surface area contributed by atoms with Gasteiger partial charge in [-0.3, -0.25) is 24.6 Å². The van der Waals surface area contributed by atoms with Gasteiger partial charge in [0.1, 0.15) is 0 Å². The summed E-state index contributed by atoms with van der Waals surface area (Å²) in [6.45, 7) is 0.675. The minimum absolute atomic E-state index is 0.155. The molecule has 0 fully saturated rings. The molecule has 3 rings (SSSR count). The Hall–Kier alpha value is -3.79. The Morgan fingerprint density at radius 2 is 1.76 bits per heavy atom. The third-order valence-corrected chi connectivity index (χ3v) is 4.27. The van der Waals surface area contributed by atoms with Gasteiger partial charge in [-0.15, -0.1) is 0 Å². The normalized spacial score (nSPS) is 12.7. The molecular weight excluding hydrogens is 380 g/mol. The average molecular weight is 398 g/mol. The van der Waals surface area contributed by atoms with E-state index in [-0.39, 0.29) is 35.0 Å². The number of carbonyl (C=O) groups excluding carboxylic acids is 3. The van der Waals surface area contributed by atoms with Gasteiger partial charge in [-0.2, -0.15) is 0 Å². The smallest absolute Gasteiger partial charge is 0.323 e. The van der Waals surface area contributed by atoms with Gasteiger partial charge in [-0.1, -0.05) is 6.07 Å². The monoisotopic (exact) mass is 398 g/mol. The summed E-state index contributed by atoms with van der Waals surface area (Å²) in [5.41, 5.74) is 0.885. The third kappa shape index (κ3) is 4.38. The van der Waals surface area contributed by atoms with E-state index >= 15 is 0 Å². The van der Waals surface area contributed by atoms with Gasteiger partial charge < -0.3 is 15.4 Å². The summed E-state index contributed by atoms with van der Waals surface area (Å²) >= 11 is 0. The number of ether oxygens (including phenoxy) is 1. The van der Waals surface area contributed by atoms with Gasteiger partial charge in [0.2, 0.25) is 0 Å². The first-order chi connectivity index (χ1) is 13.9. The van der Waals surface area contributed by atoms with E-state index in [1.807, 2.05) is 0 Å². The van der Waals surface area contributed by atoms with Gasteiger partial charge in [0.05, 0.1) is 16.1 Å². The summed E-state index contributed by atoms with van der Waals surface area (Å²) in [7, 11) is 1.54. The lowest BCUT2D eigenvalue weighted by Gasteiger charge is -2.12. The van der Waals surface area contributed by atoms with Crippen molar-refractivity contribution in [3.05, 3.63) is 63.7 Å². The number of nitro benzene ring substituents is 1. The van der Waals surface area contributed by atoms with Crippen LogP contribution in [-0.4, -0.2) is 47.9 Å². The fourth-order valence-corrected chi connectivity index (χ4v) is 2.93. The van der Waals surface area contributed by atoms with Crippen LogP contribution in [0.2, 0.25) is 0 Å². The van der Waals surface area contributed by atoms with E-state index in [2.05, 4.69) is 10.6 Å². The Morgan fingerprint density at radius 1 is 1.07 bits per heavy atom. The molecule has 29 heavy (non-hydrogen) atoms. The van der Waals surface area contributed by atoms with Crippen molar-refractivity contribution in [3.8, 4) is 0 Å². The molecule has 1 aliphatic rings. The first kappa shape index (κ1) is 20.0. The third-order valence-electron chi connectivity index (χ3n) is 4.27. The lowest BCUT2D eigenvalue weighted by molar-refractivity contribution is -0.384. The molecule has 0 unspecified atom stereocenters. The Labute approximate surface area is 165 Å². The maximum atomic E-state index is 12.5. The molecule has 0 saturated carbocycles. The lowest BCUT2D eigenvalue weighted by Crippen LogP contribution is -2.31. The maximum absolute atomic E-state index is 12.5. The fourth-order valence-electron chi connectivity index (χ4n) is 2.93. The van der Waals surface area contributed by atoms with E-state index in [1.165, 1.54) is 42.5 Å². The molecule has 10 heteroatoms. The van der Waals surface area contributed by atoms with E-state index < -0.39 is 16.9 Å². The van der Waals surface area contributed by atoms with Gasteiger partial charge in [-0.25, -0.2) is 4.79 Å². The number of non-ortho nitro benzene ring substituents is 1. The number of imide groups is 1. The topological polar surface area (TPSA) is 131 Å². The average Bonchev–Trinajstić information content (AvgIpc) is 2.92. The van der Waals surface area contributed by atoms with Crippen LogP contribution >= 0.6 is 0 Å². The van der Waals surface area contributed by atoms with Crippen LogP contribution in [0.3, 0.4) is 0 Å². The molecule has 2 aromatic rings. The fraction of sp³-hybridized carbons (Fsp3) is 0.211. The number of carbonyl (C=O) groups is 3. The summed E-state index contributed by atoms with van der Waals surface area (Å²) in [6.07, 6.45) is 0.526. The largest absolute Gasteiger partial charge is 0.385 e. The highest BCUT2D eigenvalue weighted by Crippen LogP contribution is 2.26. The van der Waals surface area contributed by atoms with E-state index in [9.17, 15) is 24.5 Å². The van der Waals surface area contributed by atoms with E-state index in [0.717, 1.165) is 4.90 Å². The van der Waals surface area contributed by atoms with Crippen molar-refractivity contribution >= 4 is 34.9 Å². The molecule has 0 radical (unpaired) electrons. The van der Waals surface area contributed by atoms with E-state index in [0.29, 0.717) is 18.7 Å². The number of nitrogens with one attached hydrogen (secondary N) is 2. The SMILES string of the molecule is COCCCN1C(=O)c2ccc(NC(=O)Nc3cccc([N+](=O)[O-])c3)cc2C1=O. The second-order valence-corrected chi connectivity index (χ2v) is 6.26. The molecule has 2 aromatic carbocycles. The summed E-state index contributed by atoms with van der Waals surface area (Å²) in [5.74, 6) is -0.808. The predicted molar refractivity (Wildman–Crippen MR) is 104 cm³/mol. The number of anilines is 2. The standard InChI is InChI=1S/C19H18N4O6/c1-29-9-3-8-22-17(24)15-7-6-13(11-16(15)18(22)25)21-19(26)20-12-4-2-5-14(10-12)23(27)28/h2,4-7,10-11H,3,8-9H2,1H3,(H2,20,21,26). The summed E-state index contributed by atoms with van der Waals surface area (Å²) in [5, 5.41) is 15.8. The minimum atomic E-state index is -0.640. The number of methoxy groups -OCH3 is 1. The van der Waals surface area contributed by atoms with Crippen LogP contribution in [0.1, 0.15) is 27.1 Å². The maximum Gasteiger partial charge on any atom is 0.323 e. The van der Waals surface area contributed by atoms with Crippen LogP contribution in [0.5, 0.6) is 0 Å². The molecule has 1 heterocycles. The molecule has 0 saturated heterocycles. The van der Waals surface area contributed by atoms with Gasteiger partial charge in [0.15, 0.2) is 0 Å². The van der Waals surface area contributed by atoms with Crippen molar-refractivity contribution in [2.75, 3.05) is 30.9 Å². The summed E-state index contributed by atoms with van der Waals surface area (Å²) in [6, 6.07) is 9.27. The molecule has 1 aliphatic heterocycles. The van der Waals surface area contributed by atoms with Crippen LogP contribution < -0.4 is 10.6 Å². The number of fused-ring (bicyclic) bond motifs is 1. The van der Waals surface area contributed by atoms with Gasteiger partial charge in [0.25, 0.3) is 17.5 Å². The molecular formula is C19H18N4O6. The van der Waals surface area contributed by atoms with Gasteiger partial charge in [-0.05, 0) is 30.7 Å². The van der Waals surface area contributed by atoms with E-state index in [1.54, 1.807) is 7.11 Å². The molecule has 150 valence electrons. The Balaban J connectivity index is 1.69.